The van der Waals surface area contributed by atoms with Crippen LogP contribution in [0.5, 0.6) is 11.5 Å². The van der Waals surface area contributed by atoms with Crippen molar-refractivity contribution < 1.29 is 14.0 Å². The molecule has 5 rings (SSSR count). The van der Waals surface area contributed by atoms with Crippen molar-refractivity contribution in [2.75, 3.05) is 14.2 Å². The summed E-state index contributed by atoms with van der Waals surface area (Å²) < 4.78 is 19.1. The zero-order valence-corrected chi connectivity index (χ0v) is 19.1. The highest BCUT2D eigenvalue weighted by molar-refractivity contribution is 5.75. The third-order valence-electron chi connectivity index (χ3n) is 5.43. The largest absolute Gasteiger partial charge is 0.497 e. The van der Waals surface area contributed by atoms with Gasteiger partial charge in [0.1, 0.15) is 29.8 Å². The molecule has 0 fully saturated rings. The number of nitrogens with zero attached hydrogens (tertiary/aromatic N) is 6. The second-order valence-electron chi connectivity index (χ2n) is 7.90. The van der Waals surface area contributed by atoms with Gasteiger partial charge in [0.2, 0.25) is 11.7 Å². The molecule has 0 aliphatic carbocycles. The van der Waals surface area contributed by atoms with Crippen molar-refractivity contribution in [3.05, 3.63) is 76.3 Å². The van der Waals surface area contributed by atoms with Crippen molar-refractivity contribution in [2.45, 2.75) is 20.4 Å². The van der Waals surface area contributed by atoms with Gasteiger partial charge in [-0.1, -0.05) is 11.2 Å². The second kappa shape index (κ2) is 8.47. The standard InChI is InChI=1S/C24H22N6O4/c1-14-7-15(2)9-16(8-14)30-23-19(11-26-30)24(31)29(13-25-23)12-21-27-22(28-34-21)18-6-5-17(32-3)10-20(18)33-4/h5-11,13H,12H2,1-4H3. The maximum atomic E-state index is 13.1. The first-order chi connectivity index (χ1) is 16.5. The van der Waals surface area contributed by atoms with Crippen LogP contribution in [-0.4, -0.2) is 43.7 Å². The third-order valence-corrected chi connectivity index (χ3v) is 5.43. The van der Waals surface area contributed by atoms with Gasteiger partial charge in [0.15, 0.2) is 5.65 Å². The monoisotopic (exact) mass is 458 g/mol. The molecule has 0 amide bonds. The van der Waals surface area contributed by atoms with E-state index in [-0.39, 0.29) is 18.0 Å². The molecule has 0 N–H and O–H groups in total. The van der Waals surface area contributed by atoms with Crippen LogP contribution in [0.3, 0.4) is 0 Å². The van der Waals surface area contributed by atoms with Gasteiger partial charge in [0, 0.05) is 6.07 Å². The molecule has 0 unspecified atom stereocenters. The number of hydrogen-bond donors (Lipinski definition) is 0. The van der Waals surface area contributed by atoms with Crippen LogP contribution in [0.4, 0.5) is 0 Å². The lowest BCUT2D eigenvalue weighted by atomic mass is 10.1. The van der Waals surface area contributed by atoms with Crippen LogP contribution < -0.4 is 15.0 Å². The van der Waals surface area contributed by atoms with Crippen LogP contribution in [-0.2, 0) is 6.54 Å². The van der Waals surface area contributed by atoms with Crippen LogP contribution >= 0.6 is 0 Å². The first-order valence-electron chi connectivity index (χ1n) is 10.5. The number of ether oxygens (including phenoxy) is 2. The van der Waals surface area contributed by atoms with E-state index in [1.165, 1.54) is 17.1 Å². The van der Waals surface area contributed by atoms with E-state index in [9.17, 15) is 4.79 Å². The van der Waals surface area contributed by atoms with E-state index in [1.807, 2.05) is 26.0 Å². The van der Waals surface area contributed by atoms with E-state index in [0.29, 0.717) is 33.9 Å². The molecule has 0 bridgehead atoms. The molecule has 0 aliphatic heterocycles. The zero-order chi connectivity index (χ0) is 23.8. The molecule has 34 heavy (non-hydrogen) atoms. The second-order valence-corrected chi connectivity index (χ2v) is 7.90. The topological polar surface area (TPSA) is 110 Å². The SMILES string of the molecule is COc1ccc(-c2noc(Cn3cnc4c(cnn4-c4cc(C)cc(C)c4)c3=O)n2)c(OC)c1. The molecule has 172 valence electrons. The van der Waals surface area contributed by atoms with E-state index in [4.69, 9.17) is 14.0 Å². The molecule has 0 saturated carbocycles. The van der Waals surface area contributed by atoms with Crippen molar-refractivity contribution in [1.29, 1.82) is 0 Å². The average Bonchev–Trinajstić information content (AvgIpc) is 3.47. The van der Waals surface area contributed by atoms with Crippen LogP contribution in [0.15, 0.2) is 58.2 Å². The van der Waals surface area contributed by atoms with Crippen LogP contribution in [0.25, 0.3) is 28.1 Å². The Balaban J connectivity index is 1.46. The van der Waals surface area contributed by atoms with E-state index in [2.05, 4.69) is 26.3 Å². The summed E-state index contributed by atoms with van der Waals surface area (Å²) in [4.78, 5) is 22.0. The molecule has 0 radical (unpaired) electrons. The molecule has 0 aliphatic rings. The van der Waals surface area contributed by atoms with Gasteiger partial charge in [0.25, 0.3) is 5.56 Å². The Labute approximate surface area is 194 Å². The van der Waals surface area contributed by atoms with E-state index < -0.39 is 0 Å². The van der Waals surface area contributed by atoms with Gasteiger partial charge >= 0.3 is 0 Å². The minimum Gasteiger partial charge on any atom is -0.497 e. The van der Waals surface area contributed by atoms with Crippen molar-refractivity contribution >= 4 is 11.0 Å². The number of fused-ring (bicyclic) bond motifs is 1. The molecular formula is C24H22N6O4. The predicted octanol–water partition coefficient (Wildman–Crippen LogP) is 3.31. The average molecular weight is 458 g/mol. The minimum absolute atomic E-state index is 0.0714. The Hall–Kier alpha value is -4.47. The summed E-state index contributed by atoms with van der Waals surface area (Å²) in [6.45, 7) is 4.10. The molecule has 0 spiro atoms. The lowest BCUT2D eigenvalue weighted by molar-refractivity contribution is 0.369. The Morgan fingerprint density at radius 1 is 1.03 bits per heavy atom. The van der Waals surface area contributed by atoms with Gasteiger partial charge in [-0.05, 0) is 49.2 Å². The third kappa shape index (κ3) is 3.79. The van der Waals surface area contributed by atoms with Gasteiger partial charge < -0.3 is 14.0 Å². The molecule has 0 atom stereocenters. The van der Waals surface area contributed by atoms with Gasteiger partial charge in [-0.3, -0.25) is 9.36 Å². The molecular weight excluding hydrogens is 436 g/mol. The first kappa shape index (κ1) is 21.4. The van der Waals surface area contributed by atoms with Crippen LogP contribution in [0, 0.1) is 13.8 Å². The number of aromatic nitrogens is 6. The minimum atomic E-state index is -0.248. The predicted molar refractivity (Wildman–Crippen MR) is 125 cm³/mol. The highest BCUT2D eigenvalue weighted by atomic mass is 16.5. The quantitative estimate of drug-likeness (QED) is 0.381. The van der Waals surface area contributed by atoms with Gasteiger partial charge in [-0.25, -0.2) is 9.67 Å². The summed E-state index contributed by atoms with van der Waals surface area (Å²) in [5.41, 5.74) is 3.95. The molecule has 0 saturated heterocycles. The molecule has 3 aromatic heterocycles. The summed E-state index contributed by atoms with van der Waals surface area (Å²) >= 11 is 0. The summed E-state index contributed by atoms with van der Waals surface area (Å²) in [5.74, 6) is 1.81. The molecule has 10 heteroatoms. The Morgan fingerprint density at radius 3 is 2.56 bits per heavy atom. The van der Waals surface area contributed by atoms with Crippen molar-refractivity contribution in [1.82, 2.24) is 29.5 Å². The van der Waals surface area contributed by atoms with E-state index in [0.717, 1.165) is 16.8 Å². The fourth-order valence-electron chi connectivity index (χ4n) is 3.88. The molecule has 5 aromatic rings. The zero-order valence-electron chi connectivity index (χ0n) is 19.1. The van der Waals surface area contributed by atoms with E-state index in [1.54, 1.807) is 37.1 Å². The maximum absolute atomic E-state index is 13.1. The summed E-state index contributed by atoms with van der Waals surface area (Å²) in [5, 5.41) is 8.84. The molecule has 3 heterocycles. The molecule has 2 aromatic carbocycles. The van der Waals surface area contributed by atoms with Gasteiger partial charge in [-0.15, -0.1) is 0 Å². The van der Waals surface area contributed by atoms with Crippen molar-refractivity contribution in [3.8, 4) is 28.6 Å². The number of benzene rings is 2. The highest BCUT2D eigenvalue weighted by Crippen LogP contribution is 2.31. The normalized spacial score (nSPS) is 11.2. The van der Waals surface area contributed by atoms with E-state index >= 15 is 0 Å². The molecule has 10 nitrogen and oxygen atoms in total. The van der Waals surface area contributed by atoms with Crippen molar-refractivity contribution in [2.24, 2.45) is 0 Å². The number of rotatable bonds is 6. The number of hydrogen-bond acceptors (Lipinski definition) is 8. The van der Waals surface area contributed by atoms with Gasteiger partial charge in [-0.2, -0.15) is 10.1 Å². The Kier molecular flexibility index (Phi) is 5.33. The Morgan fingerprint density at radius 2 is 1.82 bits per heavy atom. The fourth-order valence-corrected chi connectivity index (χ4v) is 3.88. The van der Waals surface area contributed by atoms with Crippen molar-refractivity contribution in [3.63, 3.8) is 0 Å². The number of aryl methyl sites for hydroxylation is 2. The maximum Gasteiger partial charge on any atom is 0.264 e. The lowest BCUT2D eigenvalue weighted by Crippen LogP contribution is -2.21. The highest BCUT2D eigenvalue weighted by Gasteiger charge is 2.17. The van der Waals surface area contributed by atoms with Gasteiger partial charge in [0.05, 0.1) is 31.7 Å². The lowest BCUT2D eigenvalue weighted by Gasteiger charge is -2.07. The first-order valence-corrected chi connectivity index (χ1v) is 10.5. The smallest absolute Gasteiger partial charge is 0.264 e. The Bertz CT molecular complexity index is 1550. The fraction of sp³-hybridized carbons (Fsp3) is 0.208. The number of methoxy groups -OCH3 is 2. The van der Waals surface area contributed by atoms with Crippen LogP contribution in [0.1, 0.15) is 17.0 Å². The van der Waals surface area contributed by atoms with Crippen LogP contribution in [0.2, 0.25) is 0 Å². The summed E-state index contributed by atoms with van der Waals surface area (Å²) in [6, 6.07) is 11.4. The summed E-state index contributed by atoms with van der Waals surface area (Å²) in [6.07, 6.45) is 2.99. The summed E-state index contributed by atoms with van der Waals surface area (Å²) in [7, 11) is 3.13.